The summed E-state index contributed by atoms with van der Waals surface area (Å²) in [6.45, 7) is 0. The lowest BCUT2D eigenvalue weighted by Crippen LogP contribution is -2.27. The Labute approximate surface area is 143 Å². The molecule has 2 aromatic rings. The maximum absolute atomic E-state index is 12.7. The van der Waals surface area contributed by atoms with Crippen LogP contribution >= 0.6 is 24.0 Å². The lowest BCUT2D eigenvalue weighted by atomic mass is 10.2. The van der Waals surface area contributed by atoms with Gasteiger partial charge in [0.2, 0.25) is 0 Å². The summed E-state index contributed by atoms with van der Waals surface area (Å²) in [5.41, 5.74) is 1.24. The van der Waals surface area contributed by atoms with E-state index < -0.39 is 0 Å². The molecule has 0 spiro atoms. The van der Waals surface area contributed by atoms with Gasteiger partial charge in [0.15, 0.2) is 4.32 Å². The van der Waals surface area contributed by atoms with Crippen LogP contribution < -0.4 is 9.64 Å². The Hall–Kier alpha value is -2.31. The van der Waals surface area contributed by atoms with Crippen LogP contribution in [0.5, 0.6) is 11.5 Å². The number of nitrogens with zero attached hydrogens (tertiary/aromatic N) is 1. The minimum Gasteiger partial charge on any atom is -0.507 e. The summed E-state index contributed by atoms with van der Waals surface area (Å²) in [5.74, 6) is 0.567. The zero-order valence-electron chi connectivity index (χ0n) is 12.2. The molecule has 1 heterocycles. The van der Waals surface area contributed by atoms with Crippen molar-refractivity contribution in [1.29, 1.82) is 0 Å². The molecule has 0 unspecified atom stereocenters. The predicted octanol–water partition coefficient (Wildman–Crippen LogP) is 3.81. The summed E-state index contributed by atoms with van der Waals surface area (Å²) in [4.78, 5) is 14.6. The van der Waals surface area contributed by atoms with E-state index in [1.807, 2.05) is 0 Å². The monoisotopic (exact) mass is 343 g/mol. The fraction of sp³-hybridized carbons (Fsp3) is 0.0588. The SMILES string of the molecule is COc1cccc(N2C(=O)/C(=C/c3ccccc3O)SC2=S)c1. The third-order valence-corrected chi connectivity index (χ3v) is 4.63. The van der Waals surface area contributed by atoms with Crippen molar-refractivity contribution in [3.05, 3.63) is 59.0 Å². The standard InChI is InChI=1S/C17H13NO3S2/c1-21-13-7-4-6-12(10-13)18-16(20)15(23-17(18)22)9-11-5-2-3-8-14(11)19/h2-10,19H,1H3/b15-9-. The lowest BCUT2D eigenvalue weighted by molar-refractivity contribution is -0.113. The maximum atomic E-state index is 12.7. The van der Waals surface area contributed by atoms with Gasteiger partial charge in [0, 0.05) is 11.6 Å². The van der Waals surface area contributed by atoms with Gasteiger partial charge in [-0.3, -0.25) is 9.69 Å². The number of rotatable bonds is 3. The number of ether oxygens (including phenoxy) is 1. The molecule has 1 saturated heterocycles. The Morgan fingerprint density at radius 2 is 2.00 bits per heavy atom. The highest BCUT2D eigenvalue weighted by atomic mass is 32.2. The lowest BCUT2D eigenvalue weighted by Gasteiger charge is -2.15. The molecular formula is C17H13NO3S2. The average Bonchev–Trinajstić information content (AvgIpc) is 2.83. The third kappa shape index (κ3) is 3.09. The number of thioether (sulfide) groups is 1. The zero-order valence-corrected chi connectivity index (χ0v) is 13.9. The minimum atomic E-state index is -0.212. The number of aromatic hydroxyl groups is 1. The van der Waals surface area contributed by atoms with Crippen molar-refractivity contribution in [2.24, 2.45) is 0 Å². The zero-order chi connectivity index (χ0) is 16.4. The summed E-state index contributed by atoms with van der Waals surface area (Å²) in [7, 11) is 1.57. The second-order valence-corrected chi connectivity index (χ2v) is 6.45. The van der Waals surface area contributed by atoms with Crippen LogP contribution in [-0.4, -0.2) is 22.4 Å². The first-order chi connectivity index (χ1) is 11.1. The van der Waals surface area contributed by atoms with Crippen molar-refractivity contribution >= 4 is 46.0 Å². The molecule has 1 aliphatic rings. The molecule has 23 heavy (non-hydrogen) atoms. The first-order valence-electron chi connectivity index (χ1n) is 6.80. The Morgan fingerprint density at radius 1 is 1.22 bits per heavy atom. The highest BCUT2D eigenvalue weighted by molar-refractivity contribution is 8.27. The van der Waals surface area contributed by atoms with E-state index in [1.54, 1.807) is 61.7 Å². The molecule has 1 aliphatic heterocycles. The number of phenols is 1. The van der Waals surface area contributed by atoms with Crippen molar-refractivity contribution in [2.45, 2.75) is 0 Å². The highest BCUT2D eigenvalue weighted by Gasteiger charge is 2.33. The normalized spacial score (nSPS) is 16.2. The summed E-state index contributed by atoms with van der Waals surface area (Å²) < 4.78 is 5.64. The molecule has 0 bridgehead atoms. The quantitative estimate of drug-likeness (QED) is 0.678. The van der Waals surface area contributed by atoms with Gasteiger partial charge in [0.1, 0.15) is 11.5 Å². The van der Waals surface area contributed by atoms with Crippen LogP contribution in [0.15, 0.2) is 53.4 Å². The predicted molar refractivity (Wildman–Crippen MR) is 96.8 cm³/mol. The first kappa shape index (κ1) is 15.6. The Bertz CT molecular complexity index is 817. The second kappa shape index (κ2) is 6.44. The van der Waals surface area contributed by atoms with E-state index in [1.165, 1.54) is 16.7 Å². The Morgan fingerprint density at radius 3 is 2.74 bits per heavy atom. The summed E-state index contributed by atoms with van der Waals surface area (Å²) >= 11 is 6.54. The molecule has 0 saturated carbocycles. The van der Waals surface area contributed by atoms with Gasteiger partial charge in [0.05, 0.1) is 17.7 Å². The van der Waals surface area contributed by atoms with Crippen molar-refractivity contribution in [3.63, 3.8) is 0 Å². The van der Waals surface area contributed by atoms with E-state index in [-0.39, 0.29) is 11.7 Å². The number of hydrogen-bond acceptors (Lipinski definition) is 5. The highest BCUT2D eigenvalue weighted by Crippen LogP contribution is 2.37. The van der Waals surface area contributed by atoms with Crippen LogP contribution in [0.3, 0.4) is 0 Å². The van der Waals surface area contributed by atoms with Gasteiger partial charge in [-0.05, 0) is 24.3 Å². The van der Waals surface area contributed by atoms with Crippen molar-refractivity contribution in [3.8, 4) is 11.5 Å². The smallest absolute Gasteiger partial charge is 0.270 e. The number of amides is 1. The van der Waals surface area contributed by atoms with E-state index in [0.717, 1.165) is 0 Å². The molecular weight excluding hydrogens is 330 g/mol. The van der Waals surface area contributed by atoms with Gasteiger partial charge < -0.3 is 9.84 Å². The van der Waals surface area contributed by atoms with E-state index in [9.17, 15) is 9.90 Å². The fourth-order valence-corrected chi connectivity index (χ4v) is 3.48. The van der Waals surface area contributed by atoms with Crippen molar-refractivity contribution in [2.75, 3.05) is 12.0 Å². The number of thiocarbonyl (C=S) groups is 1. The van der Waals surface area contributed by atoms with E-state index in [2.05, 4.69) is 0 Å². The van der Waals surface area contributed by atoms with Crippen LogP contribution in [0.1, 0.15) is 5.56 Å². The van der Waals surface area contributed by atoms with Gasteiger partial charge in [-0.15, -0.1) is 0 Å². The molecule has 116 valence electrons. The topological polar surface area (TPSA) is 49.8 Å². The molecule has 4 nitrogen and oxygen atoms in total. The fourth-order valence-electron chi connectivity index (χ4n) is 2.19. The third-order valence-electron chi connectivity index (χ3n) is 3.33. The summed E-state index contributed by atoms with van der Waals surface area (Å²) in [6, 6.07) is 14.0. The van der Waals surface area contributed by atoms with Gasteiger partial charge >= 0.3 is 0 Å². The van der Waals surface area contributed by atoms with Crippen molar-refractivity contribution in [1.82, 2.24) is 0 Å². The number of phenolic OH excluding ortho intramolecular Hbond substituents is 1. The summed E-state index contributed by atoms with van der Waals surface area (Å²) in [6.07, 6.45) is 1.65. The molecule has 0 aliphatic carbocycles. The minimum absolute atomic E-state index is 0.124. The largest absolute Gasteiger partial charge is 0.507 e. The van der Waals surface area contributed by atoms with Crippen LogP contribution in [0.2, 0.25) is 0 Å². The average molecular weight is 343 g/mol. The molecule has 0 atom stereocenters. The van der Waals surface area contributed by atoms with E-state index >= 15 is 0 Å². The van der Waals surface area contributed by atoms with Gasteiger partial charge in [-0.1, -0.05) is 48.2 Å². The number of carbonyl (C=O) groups is 1. The van der Waals surface area contributed by atoms with Crippen LogP contribution in [0, 0.1) is 0 Å². The molecule has 3 rings (SSSR count). The van der Waals surface area contributed by atoms with Gasteiger partial charge in [-0.2, -0.15) is 0 Å². The van der Waals surface area contributed by atoms with Crippen LogP contribution in [-0.2, 0) is 4.79 Å². The number of methoxy groups -OCH3 is 1. The number of benzene rings is 2. The number of carbonyl (C=O) groups excluding carboxylic acids is 1. The molecule has 1 fully saturated rings. The molecule has 6 heteroatoms. The first-order valence-corrected chi connectivity index (χ1v) is 8.02. The maximum Gasteiger partial charge on any atom is 0.270 e. The Kier molecular flexibility index (Phi) is 4.36. The molecule has 0 aromatic heterocycles. The molecule has 0 radical (unpaired) electrons. The Balaban J connectivity index is 1.95. The molecule has 1 amide bonds. The molecule has 2 aromatic carbocycles. The van der Waals surface area contributed by atoms with Crippen LogP contribution in [0.4, 0.5) is 5.69 Å². The van der Waals surface area contributed by atoms with Crippen molar-refractivity contribution < 1.29 is 14.6 Å². The van der Waals surface area contributed by atoms with Gasteiger partial charge in [0.25, 0.3) is 5.91 Å². The molecule has 1 N–H and O–H groups in total. The van der Waals surface area contributed by atoms with E-state index in [0.29, 0.717) is 26.2 Å². The van der Waals surface area contributed by atoms with Gasteiger partial charge in [-0.25, -0.2) is 0 Å². The number of anilines is 1. The number of para-hydroxylation sites is 1. The second-order valence-electron chi connectivity index (χ2n) is 4.78. The van der Waals surface area contributed by atoms with E-state index in [4.69, 9.17) is 17.0 Å². The number of hydrogen-bond donors (Lipinski definition) is 1. The summed E-state index contributed by atoms with van der Waals surface area (Å²) in [5, 5.41) is 9.85. The van der Waals surface area contributed by atoms with Crippen LogP contribution in [0.25, 0.3) is 6.08 Å².